The van der Waals surface area contributed by atoms with E-state index < -0.39 is 15.6 Å². The minimum Gasteiger partial charge on any atom is -0.444 e. The van der Waals surface area contributed by atoms with E-state index in [9.17, 15) is 18.0 Å². The van der Waals surface area contributed by atoms with E-state index in [2.05, 4.69) is 4.72 Å². The summed E-state index contributed by atoms with van der Waals surface area (Å²) in [4.78, 5) is 28.8. The molecule has 0 spiro atoms. The van der Waals surface area contributed by atoms with Crippen molar-refractivity contribution >= 4 is 28.1 Å². The van der Waals surface area contributed by atoms with Crippen LogP contribution in [0.15, 0.2) is 35.7 Å². The Morgan fingerprint density at radius 1 is 1.24 bits per heavy atom. The summed E-state index contributed by atoms with van der Waals surface area (Å²) in [5, 5.41) is 1.11. The van der Waals surface area contributed by atoms with Gasteiger partial charge >= 0.3 is 6.09 Å². The van der Waals surface area contributed by atoms with Crippen LogP contribution in [0.5, 0.6) is 0 Å². The van der Waals surface area contributed by atoms with E-state index in [4.69, 9.17) is 4.74 Å². The van der Waals surface area contributed by atoms with Crippen LogP contribution < -0.4 is 4.72 Å². The number of nitrogens with one attached hydrogen (secondary N) is 1. The van der Waals surface area contributed by atoms with Crippen molar-refractivity contribution in [2.45, 2.75) is 65.5 Å². The Bertz CT molecular complexity index is 939. The average Bonchev–Trinajstić information content (AvgIpc) is 2.75. The molecule has 0 saturated carbocycles. The summed E-state index contributed by atoms with van der Waals surface area (Å²) in [5.41, 5.74) is 0.215. The number of carbonyl (C=O) groups excluding carboxylic acids is 2. The van der Waals surface area contributed by atoms with Gasteiger partial charge in [0.15, 0.2) is 0 Å². The quantitative estimate of drug-likeness (QED) is 0.564. The van der Waals surface area contributed by atoms with Crippen LogP contribution in [-0.2, 0) is 19.6 Å². The second-order valence-electron chi connectivity index (χ2n) is 9.98. The van der Waals surface area contributed by atoms with Crippen molar-refractivity contribution in [3.05, 3.63) is 41.3 Å². The normalized spacial score (nSPS) is 17.2. The Morgan fingerprint density at radius 3 is 2.53 bits per heavy atom. The maximum atomic E-state index is 12.7. The van der Waals surface area contributed by atoms with Crippen molar-refractivity contribution in [2.24, 2.45) is 5.92 Å². The number of nitrogens with zero attached hydrogens (tertiary/aromatic N) is 2. The van der Waals surface area contributed by atoms with Crippen LogP contribution >= 0.6 is 0 Å². The minimum atomic E-state index is -3.63. The first-order valence-corrected chi connectivity index (χ1v) is 13.4. The monoisotopic (exact) mass is 493 g/mol. The highest BCUT2D eigenvalue weighted by molar-refractivity contribution is 7.92. The Morgan fingerprint density at radius 2 is 1.91 bits per heavy atom. The lowest BCUT2D eigenvalue weighted by Crippen LogP contribution is -2.48. The third-order valence-electron chi connectivity index (χ3n) is 5.46. The van der Waals surface area contributed by atoms with Gasteiger partial charge in [0.2, 0.25) is 15.9 Å². The Kier molecular flexibility index (Phi) is 10.1. The first-order chi connectivity index (χ1) is 15.9. The van der Waals surface area contributed by atoms with Crippen LogP contribution in [0.2, 0.25) is 0 Å². The topological polar surface area (TPSA) is 96.0 Å². The van der Waals surface area contributed by atoms with Crippen LogP contribution in [0, 0.1) is 5.92 Å². The number of hydrogen-bond donors (Lipinski definition) is 1. The largest absolute Gasteiger partial charge is 0.444 e. The molecule has 1 fully saturated rings. The van der Waals surface area contributed by atoms with Gasteiger partial charge in [0, 0.05) is 44.0 Å². The van der Waals surface area contributed by atoms with Gasteiger partial charge in [0.1, 0.15) is 5.60 Å². The van der Waals surface area contributed by atoms with Gasteiger partial charge in [0.25, 0.3) is 0 Å². The number of hydrogen-bond acceptors (Lipinski definition) is 5. The van der Waals surface area contributed by atoms with E-state index in [1.165, 1.54) is 6.08 Å². The van der Waals surface area contributed by atoms with Gasteiger partial charge < -0.3 is 14.5 Å². The van der Waals surface area contributed by atoms with Crippen LogP contribution in [0.3, 0.4) is 0 Å². The standard InChI is InChI=1S/C25H39N3O5S/c1-20(2)28(24(30)33-25(3,4)5)19-22-12-9-16-27(18-22)23(29)13-15-26-34(31,32)17-14-21-10-7-6-8-11-21/h6-8,10-11,14,17,20,22,26H,9,12-13,15-16,18-19H2,1-5H3. The zero-order valence-corrected chi connectivity index (χ0v) is 21.8. The number of piperidine rings is 1. The molecule has 0 bridgehead atoms. The lowest BCUT2D eigenvalue weighted by Gasteiger charge is -2.37. The molecular formula is C25H39N3O5S. The molecule has 1 unspecified atom stereocenters. The third kappa shape index (κ3) is 9.85. The molecule has 9 heteroatoms. The molecule has 1 aliphatic heterocycles. The summed E-state index contributed by atoms with van der Waals surface area (Å²) >= 11 is 0. The van der Waals surface area contributed by atoms with E-state index in [0.29, 0.717) is 19.6 Å². The van der Waals surface area contributed by atoms with E-state index in [0.717, 1.165) is 23.8 Å². The second kappa shape index (κ2) is 12.4. The number of benzene rings is 1. The van der Waals surface area contributed by atoms with Gasteiger partial charge in [-0.2, -0.15) is 0 Å². The van der Waals surface area contributed by atoms with Gasteiger partial charge in [-0.3, -0.25) is 4.79 Å². The highest BCUT2D eigenvalue weighted by Crippen LogP contribution is 2.21. The summed E-state index contributed by atoms with van der Waals surface area (Å²) in [6.07, 6.45) is 3.04. The van der Waals surface area contributed by atoms with Gasteiger partial charge in [-0.25, -0.2) is 17.9 Å². The number of rotatable bonds is 9. The molecule has 1 aromatic rings. The van der Waals surface area contributed by atoms with Gasteiger partial charge in [-0.15, -0.1) is 0 Å². The predicted molar refractivity (Wildman–Crippen MR) is 134 cm³/mol. The average molecular weight is 494 g/mol. The fourth-order valence-corrected chi connectivity index (χ4v) is 4.59. The summed E-state index contributed by atoms with van der Waals surface area (Å²) in [5.74, 6) is 0.0610. The van der Waals surface area contributed by atoms with Crippen molar-refractivity contribution in [1.82, 2.24) is 14.5 Å². The lowest BCUT2D eigenvalue weighted by molar-refractivity contribution is -0.132. The van der Waals surface area contributed by atoms with Crippen molar-refractivity contribution < 1.29 is 22.7 Å². The molecule has 0 aliphatic carbocycles. The van der Waals surface area contributed by atoms with Crippen molar-refractivity contribution in [2.75, 3.05) is 26.2 Å². The Hall–Kier alpha value is -2.39. The Labute approximate surface area is 204 Å². The maximum absolute atomic E-state index is 12.7. The van der Waals surface area contributed by atoms with Crippen LogP contribution in [0.1, 0.15) is 59.4 Å². The van der Waals surface area contributed by atoms with Gasteiger partial charge in [-0.1, -0.05) is 30.3 Å². The number of sulfonamides is 1. The maximum Gasteiger partial charge on any atom is 0.410 e. The molecule has 1 aliphatic rings. The molecule has 2 amide bonds. The first kappa shape index (κ1) is 27.9. The van der Waals surface area contributed by atoms with E-state index >= 15 is 0 Å². The summed E-state index contributed by atoms with van der Waals surface area (Å²) in [6, 6.07) is 9.13. The molecule has 1 atom stereocenters. The first-order valence-electron chi connectivity index (χ1n) is 11.9. The fourth-order valence-electron chi connectivity index (χ4n) is 3.77. The Balaban J connectivity index is 1.85. The molecule has 8 nitrogen and oxygen atoms in total. The van der Waals surface area contributed by atoms with E-state index in [-0.39, 0.29) is 36.9 Å². The molecule has 190 valence electrons. The molecule has 1 N–H and O–H groups in total. The zero-order valence-electron chi connectivity index (χ0n) is 21.0. The molecule has 0 aromatic heterocycles. The van der Waals surface area contributed by atoms with Gasteiger partial charge in [0.05, 0.1) is 0 Å². The SMILES string of the molecule is CC(C)N(CC1CCCN(C(=O)CCNS(=O)(=O)C=Cc2ccccc2)C1)C(=O)OC(C)(C)C. The molecule has 2 rings (SSSR count). The molecule has 1 heterocycles. The third-order valence-corrected chi connectivity index (χ3v) is 6.56. The number of carbonyl (C=O) groups is 2. The highest BCUT2D eigenvalue weighted by Gasteiger charge is 2.30. The summed E-state index contributed by atoms with van der Waals surface area (Å²) in [7, 11) is -3.63. The summed E-state index contributed by atoms with van der Waals surface area (Å²) in [6.45, 7) is 11.2. The number of likely N-dealkylation sites (tertiary alicyclic amines) is 1. The molecule has 0 radical (unpaired) electrons. The van der Waals surface area contributed by atoms with Gasteiger partial charge in [-0.05, 0) is 65.0 Å². The van der Waals surface area contributed by atoms with Crippen LogP contribution in [-0.4, -0.2) is 68.0 Å². The van der Waals surface area contributed by atoms with E-state index in [1.54, 1.807) is 9.80 Å². The van der Waals surface area contributed by atoms with Crippen molar-refractivity contribution in [3.63, 3.8) is 0 Å². The molecule has 1 aromatic carbocycles. The molecule has 34 heavy (non-hydrogen) atoms. The summed E-state index contributed by atoms with van der Waals surface area (Å²) < 4.78 is 32.4. The molecule has 1 saturated heterocycles. The van der Waals surface area contributed by atoms with Crippen molar-refractivity contribution in [1.29, 1.82) is 0 Å². The second-order valence-corrected chi connectivity index (χ2v) is 11.6. The molecular weight excluding hydrogens is 454 g/mol. The zero-order chi connectivity index (χ0) is 25.4. The number of ether oxygens (including phenoxy) is 1. The highest BCUT2D eigenvalue weighted by atomic mass is 32.2. The number of amides is 2. The van der Waals surface area contributed by atoms with Crippen molar-refractivity contribution in [3.8, 4) is 0 Å². The van der Waals surface area contributed by atoms with Crippen LogP contribution in [0.25, 0.3) is 6.08 Å². The predicted octanol–water partition coefficient (Wildman–Crippen LogP) is 3.85. The van der Waals surface area contributed by atoms with Crippen LogP contribution in [0.4, 0.5) is 4.79 Å². The minimum absolute atomic E-state index is 0.0146. The fraction of sp³-hybridized carbons (Fsp3) is 0.600. The lowest BCUT2D eigenvalue weighted by atomic mass is 9.96. The smallest absolute Gasteiger partial charge is 0.410 e. The van der Waals surface area contributed by atoms with E-state index in [1.807, 2.05) is 65.0 Å².